The maximum Gasteiger partial charge on any atom is 0.210 e. The monoisotopic (exact) mass is 584 g/mol. The van der Waals surface area contributed by atoms with E-state index < -0.39 is 9.84 Å². The van der Waals surface area contributed by atoms with Crippen LogP contribution in [0, 0.1) is 0 Å². The maximum atomic E-state index is 13.6. The Morgan fingerprint density at radius 2 is 1.00 bits per heavy atom. The van der Waals surface area contributed by atoms with Crippen LogP contribution in [0.5, 0.6) is 0 Å². The summed E-state index contributed by atoms with van der Waals surface area (Å²) in [6.07, 6.45) is 0. The summed E-state index contributed by atoms with van der Waals surface area (Å²) in [7, 11) is -3.66. The molecule has 1 aromatic heterocycles. The molecule has 9 rings (SSSR count). The fraction of sp³-hybridized carbons (Fsp3) is 0. The highest BCUT2D eigenvalue weighted by Gasteiger charge is 2.33. The fourth-order valence-corrected chi connectivity index (χ4v) is 8.53. The summed E-state index contributed by atoms with van der Waals surface area (Å²) >= 11 is 0. The number of nitrogens with zero attached hydrogens (tertiary/aromatic N) is 2. The lowest BCUT2D eigenvalue weighted by Crippen LogP contribution is -2.14. The zero-order valence-electron chi connectivity index (χ0n) is 23.5. The predicted octanol–water partition coefficient (Wildman–Crippen LogP) is 9.48. The van der Waals surface area contributed by atoms with Crippen LogP contribution in [0.25, 0.3) is 71.9 Å². The molecule has 0 unspecified atom stereocenters. The fourth-order valence-electron chi connectivity index (χ4n) is 6.90. The van der Waals surface area contributed by atoms with Gasteiger partial charge in [0.15, 0.2) is 0 Å². The van der Waals surface area contributed by atoms with Crippen LogP contribution in [-0.4, -0.2) is 18.0 Å². The first-order valence-corrected chi connectivity index (χ1v) is 16.1. The van der Waals surface area contributed by atoms with Crippen LogP contribution in [-0.2, 0) is 9.84 Å². The average Bonchev–Trinajstić information content (AvgIpc) is 3.47. The minimum Gasteiger partial charge on any atom is -0.290 e. The lowest BCUT2D eigenvalue weighted by atomic mass is 9.86. The molecule has 1 aliphatic rings. The van der Waals surface area contributed by atoms with Gasteiger partial charge < -0.3 is 0 Å². The van der Waals surface area contributed by atoms with Crippen molar-refractivity contribution in [2.45, 2.75) is 9.79 Å². The SMILES string of the molecule is O=S1(=O)c2ccccc2-n2c(-c3cccc(-c4c5ccccc5c(-c5ccccc5)c5ccccc45)c3)nc3cccc1c32. The molecule has 2 heterocycles. The summed E-state index contributed by atoms with van der Waals surface area (Å²) in [5, 5.41) is 4.75. The molecule has 7 aromatic carbocycles. The van der Waals surface area contributed by atoms with E-state index in [2.05, 4.69) is 103 Å². The molecule has 4 nitrogen and oxygen atoms in total. The molecule has 208 valence electrons. The first-order valence-electron chi connectivity index (χ1n) is 14.6. The Hall–Kier alpha value is -5.52. The number of fused-ring (bicyclic) bond motifs is 4. The van der Waals surface area contributed by atoms with Gasteiger partial charge in [0.25, 0.3) is 0 Å². The van der Waals surface area contributed by atoms with Crippen molar-refractivity contribution in [3.8, 4) is 39.3 Å². The molecule has 0 saturated carbocycles. The molecule has 0 N–H and O–H groups in total. The molecule has 8 aromatic rings. The minimum atomic E-state index is -3.66. The second-order valence-electron chi connectivity index (χ2n) is 11.2. The van der Waals surface area contributed by atoms with Crippen molar-refractivity contribution in [3.63, 3.8) is 0 Å². The van der Waals surface area contributed by atoms with E-state index in [1.54, 1.807) is 24.3 Å². The Labute approximate surface area is 254 Å². The topological polar surface area (TPSA) is 52.0 Å². The third-order valence-electron chi connectivity index (χ3n) is 8.73. The largest absolute Gasteiger partial charge is 0.290 e. The van der Waals surface area contributed by atoms with Gasteiger partial charge in [0, 0.05) is 5.56 Å². The molecule has 0 amide bonds. The van der Waals surface area contributed by atoms with Crippen LogP contribution in [0.1, 0.15) is 0 Å². The summed E-state index contributed by atoms with van der Waals surface area (Å²) in [5.41, 5.74) is 7.47. The maximum absolute atomic E-state index is 13.6. The summed E-state index contributed by atoms with van der Waals surface area (Å²) < 4.78 is 29.2. The Morgan fingerprint density at radius 1 is 0.477 bits per heavy atom. The summed E-state index contributed by atoms with van der Waals surface area (Å²) in [6.45, 7) is 0. The van der Waals surface area contributed by atoms with Gasteiger partial charge in [-0.3, -0.25) is 4.57 Å². The molecule has 5 heteroatoms. The number of para-hydroxylation sites is 2. The van der Waals surface area contributed by atoms with Crippen LogP contribution in [0.4, 0.5) is 0 Å². The van der Waals surface area contributed by atoms with Crippen LogP contribution >= 0.6 is 0 Å². The van der Waals surface area contributed by atoms with E-state index in [0.717, 1.165) is 16.7 Å². The highest BCUT2D eigenvalue weighted by Crippen LogP contribution is 2.45. The second kappa shape index (κ2) is 9.24. The van der Waals surface area contributed by atoms with Crippen LogP contribution in [0.3, 0.4) is 0 Å². The third-order valence-corrected chi connectivity index (χ3v) is 10.6. The van der Waals surface area contributed by atoms with E-state index in [4.69, 9.17) is 4.98 Å². The average molecular weight is 585 g/mol. The lowest BCUT2D eigenvalue weighted by Gasteiger charge is -2.21. The van der Waals surface area contributed by atoms with Gasteiger partial charge in [-0.1, -0.05) is 115 Å². The van der Waals surface area contributed by atoms with Crippen molar-refractivity contribution >= 4 is 42.4 Å². The first kappa shape index (κ1) is 25.0. The molecular weight excluding hydrogens is 561 g/mol. The molecule has 0 spiro atoms. The summed E-state index contributed by atoms with van der Waals surface area (Å²) in [4.78, 5) is 5.62. The van der Waals surface area contributed by atoms with Gasteiger partial charge in [0.05, 0.1) is 26.5 Å². The zero-order chi connectivity index (χ0) is 29.4. The molecule has 44 heavy (non-hydrogen) atoms. The Morgan fingerprint density at radius 3 is 1.70 bits per heavy atom. The van der Waals surface area contributed by atoms with E-state index in [-0.39, 0.29) is 4.90 Å². The first-order chi connectivity index (χ1) is 21.6. The minimum absolute atomic E-state index is 0.289. The standard InChI is InChI=1S/C39H24N2O2S/c42-44(43)34-22-9-8-21-33(34)41-38-32(20-11-23-35(38)44)40-39(41)27-15-10-14-26(24-27)37-30-18-6-4-16-28(30)36(25-12-2-1-3-13-25)29-17-5-7-19-31(29)37/h1-24H. The van der Waals surface area contributed by atoms with Gasteiger partial charge in [-0.05, 0) is 74.1 Å². The summed E-state index contributed by atoms with van der Waals surface area (Å²) in [5.74, 6) is 0.714. The number of benzene rings is 7. The van der Waals surface area contributed by atoms with Crippen molar-refractivity contribution in [3.05, 3.63) is 146 Å². The molecular formula is C39H24N2O2S. The molecule has 0 radical (unpaired) electrons. The number of sulfone groups is 1. The number of imidazole rings is 1. The van der Waals surface area contributed by atoms with Gasteiger partial charge >= 0.3 is 0 Å². The van der Waals surface area contributed by atoms with Gasteiger partial charge in [0.1, 0.15) is 5.82 Å². The Balaban J connectivity index is 1.34. The lowest BCUT2D eigenvalue weighted by molar-refractivity contribution is 0.594. The van der Waals surface area contributed by atoms with Crippen LogP contribution in [0.2, 0.25) is 0 Å². The number of rotatable bonds is 3. The van der Waals surface area contributed by atoms with Gasteiger partial charge in [0.2, 0.25) is 9.84 Å². The zero-order valence-corrected chi connectivity index (χ0v) is 24.3. The van der Waals surface area contributed by atoms with Crippen molar-refractivity contribution in [2.24, 2.45) is 0 Å². The normalized spacial score (nSPS) is 13.4. The number of aromatic nitrogens is 2. The molecule has 0 atom stereocenters. The number of hydrogen-bond acceptors (Lipinski definition) is 3. The van der Waals surface area contributed by atoms with E-state index in [0.29, 0.717) is 27.4 Å². The molecule has 0 bridgehead atoms. The highest BCUT2D eigenvalue weighted by atomic mass is 32.2. The van der Waals surface area contributed by atoms with E-state index in [9.17, 15) is 8.42 Å². The Kier molecular flexibility index (Phi) is 5.25. The van der Waals surface area contributed by atoms with Gasteiger partial charge in [-0.2, -0.15) is 0 Å². The number of hydrogen-bond donors (Lipinski definition) is 0. The highest BCUT2D eigenvalue weighted by molar-refractivity contribution is 7.92. The van der Waals surface area contributed by atoms with Crippen molar-refractivity contribution < 1.29 is 8.42 Å². The van der Waals surface area contributed by atoms with E-state index in [1.807, 2.05) is 22.8 Å². The molecule has 0 saturated heterocycles. The third kappa shape index (κ3) is 3.44. The van der Waals surface area contributed by atoms with Crippen LogP contribution in [0.15, 0.2) is 155 Å². The van der Waals surface area contributed by atoms with Gasteiger partial charge in [-0.15, -0.1) is 0 Å². The smallest absolute Gasteiger partial charge is 0.210 e. The summed E-state index contributed by atoms with van der Waals surface area (Å²) in [6, 6.07) is 48.8. The molecule has 1 aliphatic heterocycles. The van der Waals surface area contributed by atoms with Crippen molar-refractivity contribution in [1.82, 2.24) is 9.55 Å². The predicted molar refractivity (Wildman–Crippen MR) is 178 cm³/mol. The Bertz CT molecular complexity index is 2510. The quantitative estimate of drug-likeness (QED) is 0.194. The van der Waals surface area contributed by atoms with Crippen molar-refractivity contribution in [2.75, 3.05) is 0 Å². The van der Waals surface area contributed by atoms with Crippen molar-refractivity contribution in [1.29, 1.82) is 0 Å². The molecule has 0 aliphatic carbocycles. The van der Waals surface area contributed by atoms with Crippen LogP contribution < -0.4 is 0 Å². The van der Waals surface area contributed by atoms with E-state index >= 15 is 0 Å². The molecule has 0 fully saturated rings. The van der Waals surface area contributed by atoms with E-state index in [1.165, 1.54) is 32.7 Å². The second-order valence-corrected chi connectivity index (χ2v) is 13.0. The van der Waals surface area contributed by atoms with Gasteiger partial charge in [-0.25, -0.2) is 13.4 Å².